The Hall–Kier alpha value is -1.96. The van der Waals surface area contributed by atoms with Crippen molar-refractivity contribution in [3.8, 4) is 11.1 Å². The number of hydrogen-bond acceptors (Lipinski definition) is 0. The first-order chi connectivity index (χ1) is 15.7. The molecule has 0 unspecified atom stereocenters. The predicted molar refractivity (Wildman–Crippen MR) is 165 cm³/mol. The van der Waals surface area contributed by atoms with Crippen LogP contribution in [0.4, 0.5) is 0 Å². The van der Waals surface area contributed by atoms with Crippen molar-refractivity contribution in [1.29, 1.82) is 0 Å². The molecule has 0 saturated heterocycles. The van der Waals surface area contributed by atoms with E-state index in [2.05, 4.69) is 130 Å². The zero-order chi connectivity index (χ0) is 22.5. The van der Waals surface area contributed by atoms with Crippen LogP contribution in [-0.2, 0) is 23.3 Å². The third-order valence-corrected chi connectivity index (χ3v) is 5.78. The van der Waals surface area contributed by atoms with E-state index in [1.165, 1.54) is 77.9 Å². The SMILES string of the molecule is Cc1ccc2[cH-]c3ccc(C)cc3c2c1.Cl.Cl.[CH3-].[CH3-].[Si]=[Zr].c1ccc(-c2c[cH-]c3ccccc23)cc1. The van der Waals surface area contributed by atoms with E-state index in [0.29, 0.717) is 0 Å². The van der Waals surface area contributed by atoms with Crippen molar-refractivity contribution in [2.24, 2.45) is 0 Å². The Bertz CT molecular complexity index is 1430. The predicted octanol–water partition coefficient (Wildman–Crippen LogP) is 9.92. The third-order valence-electron chi connectivity index (χ3n) is 5.78. The molecule has 0 aromatic heterocycles. The molecule has 0 aliphatic heterocycles. The van der Waals surface area contributed by atoms with Crippen molar-refractivity contribution in [2.75, 3.05) is 0 Å². The van der Waals surface area contributed by atoms with E-state index in [1.807, 2.05) is 0 Å². The summed E-state index contributed by atoms with van der Waals surface area (Å²) in [4.78, 5) is 0. The Balaban J connectivity index is 0.000000577. The second kappa shape index (κ2) is 16.0. The minimum Gasteiger partial charge on any atom is -0.150 e. The Morgan fingerprint density at radius 1 is 0.583 bits per heavy atom. The summed E-state index contributed by atoms with van der Waals surface area (Å²) in [5.74, 6) is 0. The monoisotopic (exact) mass is 604 g/mol. The van der Waals surface area contributed by atoms with Gasteiger partial charge in [-0.1, -0.05) is 77.4 Å². The van der Waals surface area contributed by atoms with Gasteiger partial charge in [-0.25, -0.2) is 0 Å². The van der Waals surface area contributed by atoms with E-state index >= 15 is 0 Å². The molecule has 2 radical (unpaired) electrons. The Labute approximate surface area is 245 Å². The van der Waals surface area contributed by atoms with Gasteiger partial charge in [0.15, 0.2) is 0 Å². The van der Waals surface area contributed by atoms with Gasteiger partial charge in [0, 0.05) is 0 Å². The van der Waals surface area contributed by atoms with E-state index < -0.39 is 0 Å². The van der Waals surface area contributed by atoms with E-state index in [1.54, 1.807) is 0 Å². The molecule has 0 heterocycles. The third kappa shape index (κ3) is 7.53. The van der Waals surface area contributed by atoms with Gasteiger partial charge in [0.05, 0.1) is 0 Å². The van der Waals surface area contributed by atoms with Crippen LogP contribution in [-0.4, -0.2) is 6.88 Å². The smallest absolute Gasteiger partial charge is 0.0623 e. The summed E-state index contributed by atoms with van der Waals surface area (Å²) in [6.45, 7) is 7.36. The number of fused-ring (bicyclic) bond motifs is 4. The summed E-state index contributed by atoms with van der Waals surface area (Å²) in [6, 6.07) is 39.0. The first-order valence-corrected chi connectivity index (χ1v) is 14.9. The molecule has 6 rings (SSSR count). The Kier molecular flexibility index (Phi) is 15.1. The molecule has 0 aliphatic rings. The summed E-state index contributed by atoms with van der Waals surface area (Å²) in [6.07, 6.45) is 0. The van der Waals surface area contributed by atoms with Crippen molar-refractivity contribution in [3.63, 3.8) is 0 Å². The molecule has 0 spiro atoms. The van der Waals surface area contributed by atoms with Crippen LogP contribution in [0.2, 0.25) is 0 Å². The van der Waals surface area contributed by atoms with E-state index in [-0.39, 0.29) is 39.7 Å². The maximum absolute atomic E-state index is 3.06. The van der Waals surface area contributed by atoms with Gasteiger partial charge in [-0.2, -0.15) is 0 Å². The first-order valence-electron chi connectivity index (χ1n) is 10.7. The summed E-state index contributed by atoms with van der Waals surface area (Å²) in [5, 5.41) is 8.12. The Morgan fingerprint density at radius 2 is 1.08 bits per heavy atom. The minimum atomic E-state index is 0. The van der Waals surface area contributed by atoms with Gasteiger partial charge in [0.1, 0.15) is 0 Å². The second-order valence-corrected chi connectivity index (χ2v) is 8.03. The molecule has 36 heavy (non-hydrogen) atoms. The van der Waals surface area contributed by atoms with Crippen LogP contribution in [0.3, 0.4) is 0 Å². The molecule has 6 aromatic carbocycles. The maximum atomic E-state index is 3.06. The number of halogens is 2. The molecule has 0 saturated carbocycles. The quantitative estimate of drug-likeness (QED) is 0.129. The molecular weight excluding hydrogens is 575 g/mol. The average Bonchev–Trinajstić information content (AvgIpc) is 3.43. The van der Waals surface area contributed by atoms with Gasteiger partial charge >= 0.3 is 30.2 Å². The van der Waals surface area contributed by atoms with E-state index in [4.69, 9.17) is 0 Å². The van der Waals surface area contributed by atoms with Gasteiger partial charge in [-0.05, 0) is 13.8 Å². The summed E-state index contributed by atoms with van der Waals surface area (Å²) < 4.78 is 0. The van der Waals surface area contributed by atoms with E-state index in [9.17, 15) is 0 Å². The maximum Gasteiger partial charge on any atom is -0.0623 e. The van der Waals surface area contributed by atoms with Crippen molar-refractivity contribution in [3.05, 3.63) is 135 Å². The fraction of sp³-hybridized carbons (Fsp3) is 0.0625. The summed E-state index contributed by atoms with van der Waals surface area (Å²) in [5.41, 5.74) is 5.28. The Morgan fingerprint density at radius 3 is 1.64 bits per heavy atom. The average molecular weight is 607 g/mol. The molecule has 0 nitrogen and oxygen atoms in total. The van der Waals surface area contributed by atoms with Gasteiger partial charge in [-0.15, -0.1) is 111 Å². The fourth-order valence-electron chi connectivity index (χ4n) is 4.25. The van der Waals surface area contributed by atoms with Crippen LogP contribution >= 0.6 is 24.8 Å². The van der Waals surface area contributed by atoms with Crippen LogP contribution in [0, 0.1) is 28.7 Å². The van der Waals surface area contributed by atoms with Gasteiger partial charge in [0.2, 0.25) is 0 Å². The van der Waals surface area contributed by atoms with Crippen LogP contribution in [0.15, 0.2) is 109 Å². The van der Waals surface area contributed by atoms with Crippen LogP contribution < -0.4 is 0 Å². The molecule has 0 N–H and O–H groups in total. The molecule has 0 atom stereocenters. The summed E-state index contributed by atoms with van der Waals surface area (Å²) >= 11 is 1.36. The number of aryl methyl sites for hydroxylation is 2. The molecule has 0 fully saturated rings. The van der Waals surface area contributed by atoms with Gasteiger partial charge in [0.25, 0.3) is 0 Å². The zero-order valence-corrected chi connectivity index (χ0v) is 26.3. The molecular formula is C32H32Cl2SiZr-4. The minimum absolute atomic E-state index is 0. The van der Waals surface area contributed by atoms with Crippen molar-refractivity contribution >= 4 is 64.0 Å². The largest absolute Gasteiger partial charge is 0.150 e. The number of rotatable bonds is 1. The van der Waals surface area contributed by atoms with Crippen molar-refractivity contribution in [2.45, 2.75) is 13.8 Å². The molecule has 0 aliphatic carbocycles. The van der Waals surface area contributed by atoms with Gasteiger partial charge in [-0.3, -0.25) is 0 Å². The van der Waals surface area contributed by atoms with Crippen LogP contribution in [0.25, 0.3) is 43.4 Å². The van der Waals surface area contributed by atoms with Gasteiger partial charge < -0.3 is 14.9 Å². The molecule has 4 heteroatoms. The van der Waals surface area contributed by atoms with Crippen LogP contribution in [0.5, 0.6) is 0 Å². The number of hydrogen-bond donors (Lipinski definition) is 0. The zero-order valence-electron chi connectivity index (χ0n) is 21.2. The van der Waals surface area contributed by atoms with Crippen LogP contribution in [0.1, 0.15) is 11.1 Å². The van der Waals surface area contributed by atoms with Crippen molar-refractivity contribution < 1.29 is 23.3 Å². The second-order valence-electron chi connectivity index (χ2n) is 8.03. The summed E-state index contributed by atoms with van der Waals surface area (Å²) in [7, 11) is 0. The molecule has 0 bridgehead atoms. The standard InChI is InChI=1S/C15H13.C15H11.2CH3.2ClH.Si.Zr/c1-10-3-5-12-9-13-6-4-11(2)8-15(13)14(12)7-10;1-2-6-12(7-3-1)15-11-10-13-8-4-5-9-14(13)15;;;;;;/h3-9H,1-2H3;1-11H;2*1H3;2*1H;;/q4*-1;;;;. The number of benzene rings is 4. The normalized spacial score (nSPS) is 9.25. The first kappa shape index (κ1) is 34.0. The van der Waals surface area contributed by atoms with E-state index in [0.717, 1.165) is 0 Å². The molecule has 0 amide bonds. The topological polar surface area (TPSA) is 0 Å². The molecule has 186 valence electrons. The van der Waals surface area contributed by atoms with Crippen molar-refractivity contribution in [1.82, 2.24) is 0 Å². The fourth-order valence-corrected chi connectivity index (χ4v) is 4.25. The molecule has 6 aromatic rings.